The largest absolute Gasteiger partial charge is 0.411 e. The molecule has 2 heterocycles. The second-order valence-electron chi connectivity index (χ2n) is 6.98. The van der Waals surface area contributed by atoms with Crippen LogP contribution in [0.1, 0.15) is 35.6 Å². The molecule has 1 aromatic heterocycles. The normalized spacial score (nSPS) is 15.4. The van der Waals surface area contributed by atoms with E-state index in [2.05, 4.69) is 10.2 Å². The van der Waals surface area contributed by atoms with E-state index in [0.29, 0.717) is 11.1 Å². The van der Waals surface area contributed by atoms with Gasteiger partial charge in [0.15, 0.2) is 0 Å². The first kappa shape index (κ1) is 18.7. The Hall–Kier alpha value is -2.60. The molecule has 0 bridgehead atoms. The van der Waals surface area contributed by atoms with Gasteiger partial charge in [-0.25, -0.2) is 0 Å². The van der Waals surface area contributed by atoms with E-state index in [-0.39, 0.29) is 11.2 Å². The smallest absolute Gasteiger partial charge is 0.277 e. The third-order valence-corrected chi connectivity index (χ3v) is 6.07. The van der Waals surface area contributed by atoms with Gasteiger partial charge in [-0.1, -0.05) is 48.5 Å². The molecule has 2 aromatic carbocycles. The van der Waals surface area contributed by atoms with Crippen molar-refractivity contribution in [1.29, 1.82) is 0 Å². The molecule has 4 rings (SSSR count). The summed E-state index contributed by atoms with van der Waals surface area (Å²) in [6.45, 7) is 3.65. The van der Waals surface area contributed by atoms with Gasteiger partial charge in [-0.05, 0) is 55.1 Å². The number of hydrogen-bond donors (Lipinski definition) is 0. The maximum absolute atomic E-state index is 13.2. The van der Waals surface area contributed by atoms with Gasteiger partial charge in [-0.2, -0.15) is 0 Å². The van der Waals surface area contributed by atoms with Crippen molar-refractivity contribution in [3.63, 3.8) is 0 Å². The maximum Gasteiger partial charge on any atom is 0.277 e. The first-order valence-corrected chi connectivity index (χ1v) is 10.5. The van der Waals surface area contributed by atoms with Gasteiger partial charge in [0.1, 0.15) is 5.25 Å². The summed E-state index contributed by atoms with van der Waals surface area (Å²) in [4.78, 5) is 15.2. The fraction of sp³-hybridized carbons (Fsp3) is 0.318. The predicted molar refractivity (Wildman–Crippen MR) is 110 cm³/mol. The Labute approximate surface area is 169 Å². The summed E-state index contributed by atoms with van der Waals surface area (Å²) < 4.78 is 5.91. The fourth-order valence-electron chi connectivity index (χ4n) is 3.45. The third kappa shape index (κ3) is 4.12. The van der Waals surface area contributed by atoms with Crippen LogP contribution in [-0.2, 0) is 4.79 Å². The zero-order valence-electron chi connectivity index (χ0n) is 15.9. The number of hydrogen-bond acceptors (Lipinski definition) is 5. The van der Waals surface area contributed by atoms with Gasteiger partial charge in [-0.3, -0.25) is 4.79 Å². The number of likely N-dealkylation sites (tertiary alicyclic amines) is 1. The summed E-state index contributed by atoms with van der Waals surface area (Å²) in [5.41, 5.74) is 2.95. The number of nitrogens with zero attached hydrogens (tertiary/aromatic N) is 3. The minimum Gasteiger partial charge on any atom is -0.411 e. The van der Waals surface area contributed by atoms with E-state index in [0.717, 1.165) is 42.6 Å². The molecule has 3 aromatic rings. The highest BCUT2D eigenvalue weighted by molar-refractivity contribution is 8.00. The van der Waals surface area contributed by atoms with Crippen molar-refractivity contribution in [2.24, 2.45) is 0 Å². The Balaban J connectivity index is 1.59. The van der Waals surface area contributed by atoms with Crippen molar-refractivity contribution >= 4 is 17.7 Å². The Bertz CT molecular complexity index is 936. The number of aryl methyl sites for hydroxylation is 1. The summed E-state index contributed by atoms with van der Waals surface area (Å²) >= 11 is 1.33. The topological polar surface area (TPSA) is 59.2 Å². The molecule has 1 atom stereocenters. The third-order valence-electron chi connectivity index (χ3n) is 4.99. The highest BCUT2D eigenvalue weighted by Crippen LogP contribution is 2.37. The van der Waals surface area contributed by atoms with E-state index in [1.54, 1.807) is 0 Å². The van der Waals surface area contributed by atoms with Gasteiger partial charge in [0.25, 0.3) is 5.22 Å². The second-order valence-corrected chi connectivity index (χ2v) is 8.04. The summed E-state index contributed by atoms with van der Waals surface area (Å²) in [7, 11) is 0. The average Bonchev–Trinajstić information content (AvgIpc) is 3.21. The summed E-state index contributed by atoms with van der Waals surface area (Å²) in [6.07, 6.45) is 3.32. The minimum atomic E-state index is -0.385. The van der Waals surface area contributed by atoms with E-state index in [9.17, 15) is 4.79 Å². The fourth-order valence-corrected chi connectivity index (χ4v) is 4.41. The van der Waals surface area contributed by atoms with E-state index >= 15 is 0 Å². The van der Waals surface area contributed by atoms with Crippen molar-refractivity contribution in [2.75, 3.05) is 13.1 Å². The number of piperidine rings is 1. The standard InChI is InChI=1S/C22H23N3O2S/c1-16-10-6-7-13-18(16)20-23-24-22(27-20)28-19(17-11-4-2-5-12-17)21(26)25-14-8-3-9-15-25/h2,4-7,10-13,19H,3,8-9,14-15H2,1H3/t19-/m1/s1. The number of thioether (sulfide) groups is 1. The van der Waals surface area contributed by atoms with Crippen molar-refractivity contribution in [2.45, 2.75) is 36.7 Å². The van der Waals surface area contributed by atoms with Crippen molar-refractivity contribution in [1.82, 2.24) is 15.1 Å². The first-order chi connectivity index (χ1) is 13.7. The summed E-state index contributed by atoms with van der Waals surface area (Å²) in [5, 5.41) is 8.44. The predicted octanol–water partition coefficient (Wildman–Crippen LogP) is 4.89. The first-order valence-electron chi connectivity index (χ1n) is 9.62. The Morgan fingerprint density at radius 3 is 2.46 bits per heavy atom. The van der Waals surface area contributed by atoms with Crippen LogP contribution >= 0.6 is 11.8 Å². The lowest BCUT2D eigenvalue weighted by atomic mass is 10.1. The van der Waals surface area contributed by atoms with Gasteiger partial charge in [0.2, 0.25) is 11.8 Å². The molecule has 144 valence electrons. The lowest BCUT2D eigenvalue weighted by Gasteiger charge is -2.29. The van der Waals surface area contributed by atoms with Gasteiger partial charge in [0, 0.05) is 18.7 Å². The summed E-state index contributed by atoms with van der Waals surface area (Å²) in [6, 6.07) is 17.7. The van der Waals surface area contributed by atoms with E-state index in [4.69, 9.17) is 4.42 Å². The zero-order chi connectivity index (χ0) is 19.3. The van der Waals surface area contributed by atoms with Crippen LogP contribution in [0, 0.1) is 6.92 Å². The molecule has 5 nitrogen and oxygen atoms in total. The number of aromatic nitrogens is 2. The van der Waals surface area contributed by atoms with Crippen molar-refractivity contribution < 1.29 is 9.21 Å². The maximum atomic E-state index is 13.2. The number of amides is 1. The highest BCUT2D eigenvalue weighted by Gasteiger charge is 2.29. The molecule has 1 aliphatic rings. The number of carbonyl (C=O) groups excluding carboxylic acids is 1. The molecule has 0 spiro atoms. The van der Waals surface area contributed by atoms with Crippen LogP contribution in [0.4, 0.5) is 0 Å². The molecule has 1 saturated heterocycles. The van der Waals surface area contributed by atoms with Crippen LogP contribution in [0.5, 0.6) is 0 Å². The highest BCUT2D eigenvalue weighted by atomic mass is 32.2. The molecule has 1 amide bonds. The molecule has 0 aliphatic carbocycles. The molecule has 6 heteroatoms. The molecule has 0 unspecified atom stereocenters. The quantitative estimate of drug-likeness (QED) is 0.578. The lowest BCUT2D eigenvalue weighted by Crippen LogP contribution is -2.38. The summed E-state index contributed by atoms with van der Waals surface area (Å²) in [5.74, 6) is 0.601. The monoisotopic (exact) mass is 393 g/mol. The second kappa shape index (κ2) is 8.61. The Morgan fingerprint density at radius 1 is 1.00 bits per heavy atom. The number of rotatable bonds is 5. The molecule has 1 aliphatic heterocycles. The molecule has 1 fully saturated rings. The Kier molecular flexibility index (Phi) is 5.76. The molecule has 28 heavy (non-hydrogen) atoms. The average molecular weight is 394 g/mol. The Morgan fingerprint density at radius 2 is 1.71 bits per heavy atom. The van der Waals surface area contributed by atoms with Gasteiger partial charge >= 0.3 is 0 Å². The molecular formula is C22H23N3O2S. The molecule has 0 radical (unpaired) electrons. The van der Waals surface area contributed by atoms with E-state index in [1.807, 2.05) is 66.4 Å². The van der Waals surface area contributed by atoms with Crippen molar-refractivity contribution in [3.8, 4) is 11.5 Å². The molecule has 0 N–H and O–H groups in total. The lowest BCUT2D eigenvalue weighted by molar-refractivity contribution is -0.131. The van der Waals surface area contributed by atoms with Crippen LogP contribution in [0.2, 0.25) is 0 Å². The molecule has 0 saturated carbocycles. The SMILES string of the molecule is Cc1ccccc1-c1nnc(S[C@@H](C(=O)N2CCCCC2)c2ccccc2)o1. The van der Waals surface area contributed by atoms with Crippen molar-refractivity contribution in [3.05, 3.63) is 65.7 Å². The van der Waals surface area contributed by atoms with Gasteiger partial charge in [0.05, 0.1) is 0 Å². The van der Waals surface area contributed by atoms with Crippen LogP contribution in [-0.4, -0.2) is 34.1 Å². The number of carbonyl (C=O) groups is 1. The van der Waals surface area contributed by atoms with Crippen LogP contribution < -0.4 is 0 Å². The van der Waals surface area contributed by atoms with E-state index in [1.165, 1.54) is 18.2 Å². The van der Waals surface area contributed by atoms with Gasteiger partial charge in [-0.15, -0.1) is 10.2 Å². The van der Waals surface area contributed by atoms with E-state index < -0.39 is 0 Å². The van der Waals surface area contributed by atoms with Crippen LogP contribution in [0.15, 0.2) is 64.2 Å². The van der Waals surface area contributed by atoms with Crippen LogP contribution in [0.3, 0.4) is 0 Å². The zero-order valence-corrected chi connectivity index (χ0v) is 16.7. The number of benzene rings is 2. The molecular weight excluding hydrogens is 370 g/mol. The van der Waals surface area contributed by atoms with Gasteiger partial charge < -0.3 is 9.32 Å². The minimum absolute atomic E-state index is 0.117. The van der Waals surface area contributed by atoms with Crippen LogP contribution in [0.25, 0.3) is 11.5 Å².